The molecule has 2 N–H and O–H groups in total. The molecule has 0 aliphatic carbocycles. The third kappa shape index (κ3) is 4.18. The maximum atomic E-state index is 12.2. The number of carbonyl (C=O) groups excluding carboxylic acids is 1. The molecular formula is C17H20ClN5O2. The van der Waals surface area contributed by atoms with Crippen LogP contribution in [-0.2, 0) is 4.79 Å². The summed E-state index contributed by atoms with van der Waals surface area (Å²) in [5.41, 5.74) is 2.12. The van der Waals surface area contributed by atoms with Crippen molar-refractivity contribution in [2.24, 2.45) is 0 Å². The Balaban J connectivity index is 1.54. The minimum atomic E-state index is -0.390. The maximum absolute atomic E-state index is 12.2. The first-order chi connectivity index (χ1) is 12.0. The highest BCUT2D eigenvalue weighted by Crippen LogP contribution is 2.21. The standard InChI is InChI=1S/C17H20ClN5O2/c1-12-4-2-3-5-13(12)20-15(24)11-22-6-8-23(9-7-22)14-10-19-21-17(25)16(14)18/h2-5,10H,6-9,11H2,1H3,(H,20,24)(H,21,25). The van der Waals surface area contributed by atoms with E-state index in [0.717, 1.165) is 11.3 Å². The van der Waals surface area contributed by atoms with Gasteiger partial charge in [-0.2, -0.15) is 5.10 Å². The largest absolute Gasteiger partial charge is 0.366 e. The summed E-state index contributed by atoms with van der Waals surface area (Å²) in [7, 11) is 0. The van der Waals surface area contributed by atoms with Gasteiger partial charge in [0.15, 0.2) is 0 Å². The van der Waals surface area contributed by atoms with Crippen LogP contribution in [0.15, 0.2) is 35.3 Å². The number of nitrogens with one attached hydrogen (secondary N) is 2. The maximum Gasteiger partial charge on any atom is 0.285 e. The number of benzene rings is 1. The molecule has 2 heterocycles. The lowest BCUT2D eigenvalue weighted by atomic mass is 10.2. The van der Waals surface area contributed by atoms with Gasteiger partial charge in [0.1, 0.15) is 5.02 Å². The van der Waals surface area contributed by atoms with Crippen LogP contribution < -0.4 is 15.8 Å². The van der Waals surface area contributed by atoms with E-state index in [2.05, 4.69) is 20.4 Å². The molecule has 2 aromatic rings. The SMILES string of the molecule is Cc1ccccc1NC(=O)CN1CCN(c2cn[nH]c(=O)c2Cl)CC1. The Bertz CT molecular complexity index is 815. The van der Waals surface area contributed by atoms with Gasteiger partial charge in [0.25, 0.3) is 5.56 Å². The number of anilines is 2. The zero-order valence-corrected chi connectivity index (χ0v) is 14.7. The first kappa shape index (κ1) is 17.4. The first-order valence-corrected chi connectivity index (χ1v) is 8.48. The van der Waals surface area contributed by atoms with Crippen molar-refractivity contribution in [2.45, 2.75) is 6.92 Å². The molecule has 0 saturated carbocycles. The molecule has 0 atom stereocenters. The minimum absolute atomic E-state index is 0.0291. The molecule has 25 heavy (non-hydrogen) atoms. The van der Waals surface area contributed by atoms with E-state index >= 15 is 0 Å². The smallest absolute Gasteiger partial charge is 0.285 e. The summed E-state index contributed by atoms with van der Waals surface area (Å²) in [5, 5.41) is 9.22. The first-order valence-electron chi connectivity index (χ1n) is 8.10. The molecule has 1 fully saturated rings. The molecule has 1 aromatic heterocycles. The Morgan fingerprint density at radius 1 is 1.28 bits per heavy atom. The van der Waals surface area contributed by atoms with Crippen molar-refractivity contribution < 1.29 is 4.79 Å². The van der Waals surface area contributed by atoms with Crippen molar-refractivity contribution in [3.63, 3.8) is 0 Å². The second-order valence-corrected chi connectivity index (χ2v) is 6.40. The summed E-state index contributed by atoms with van der Waals surface area (Å²) in [6, 6.07) is 7.71. The topological polar surface area (TPSA) is 81.3 Å². The molecule has 1 aromatic carbocycles. The fourth-order valence-electron chi connectivity index (χ4n) is 2.85. The van der Waals surface area contributed by atoms with Crippen molar-refractivity contribution in [3.05, 3.63) is 51.4 Å². The van der Waals surface area contributed by atoms with Crippen molar-refractivity contribution in [2.75, 3.05) is 42.9 Å². The number of aromatic nitrogens is 2. The Hall–Kier alpha value is -2.38. The fraction of sp³-hybridized carbons (Fsp3) is 0.353. The van der Waals surface area contributed by atoms with Gasteiger partial charge in [0.2, 0.25) is 5.91 Å². The van der Waals surface area contributed by atoms with Gasteiger partial charge >= 0.3 is 0 Å². The lowest BCUT2D eigenvalue weighted by molar-refractivity contribution is -0.117. The summed E-state index contributed by atoms with van der Waals surface area (Å²) in [6.45, 7) is 5.09. The Labute approximate surface area is 150 Å². The summed E-state index contributed by atoms with van der Waals surface area (Å²) < 4.78 is 0. The molecule has 7 nitrogen and oxygen atoms in total. The van der Waals surface area contributed by atoms with E-state index in [4.69, 9.17) is 11.6 Å². The van der Waals surface area contributed by atoms with Crippen molar-refractivity contribution in [1.29, 1.82) is 0 Å². The van der Waals surface area contributed by atoms with E-state index in [1.807, 2.05) is 36.1 Å². The van der Waals surface area contributed by atoms with E-state index < -0.39 is 0 Å². The zero-order valence-electron chi connectivity index (χ0n) is 14.0. The number of para-hydroxylation sites is 1. The van der Waals surface area contributed by atoms with Crippen LogP contribution in [0.5, 0.6) is 0 Å². The molecule has 1 aliphatic heterocycles. The van der Waals surface area contributed by atoms with Gasteiger partial charge < -0.3 is 10.2 Å². The van der Waals surface area contributed by atoms with E-state index in [-0.39, 0.29) is 16.5 Å². The van der Waals surface area contributed by atoms with Crippen molar-refractivity contribution in [3.8, 4) is 0 Å². The number of aromatic amines is 1. The Morgan fingerprint density at radius 2 is 2.00 bits per heavy atom. The van der Waals surface area contributed by atoms with E-state index in [0.29, 0.717) is 38.4 Å². The number of H-pyrrole nitrogens is 1. The van der Waals surface area contributed by atoms with E-state index in [1.54, 1.807) is 6.20 Å². The number of aryl methyl sites for hydroxylation is 1. The normalized spacial score (nSPS) is 15.2. The lowest BCUT2D eigenvalue weighted by Gasteiger charge is -2.35. The summed E-state index contributed by atoms with van der Waals surface area (Å²) in [6.07, 6.45) is 1.56. The van der Waals surface area contributed by atoms with Gasteiger partial charge in [-0.15, -0.1) is 0 Å². The molecule has 0 spiro atoms. The number of rotatable bonds is 4. The average Bonchev–Trinajstić information content (AvgIpc) is 2.60. The third-order valence-electron chi connectivity index (χ3n) is 4.28. The van der Waals surface area contributed by atoms with Crippen LogP contribution in [0.3, 0.4) is 0 Å². The second-order valence-electron chi connectivity index (χ2n) is 6.02. The molecule has 1 aliphatic rings. The van der Waals surface area contributed by atoms with Crippen LogP contribution in [0.1, 0.15) is 5.56 Å². The molecular weight excluding hydrogens is 342 g/mol. The highest BCUT2D eigenvalue weighted by molar-refractivity contribution is 6.33. The molecule has 132 valence electrons. The summed E-state index contributed by atoms with van der Waals surface area (Å²) in [5.74, 6) is -0.0291. The van der Waals surface area contributed by atoms with E-state index in [1.165, 1.54) is 0 Å². The Morgan fingerprint density at radius 3 is 2.72 bits per heavy atom. The predicted octanol–water partition coefficient (Wildman–Crippen LogP) is 1.49. The number of halogens is 1. The predicted molar refractivity (Wildman–Crippen MR) is 98.3 cm³/mol. The quantitative estimate of drug-likeness (QED) is 0.862. The number of carbonyl (C=O) groups is 1. The van der Waals surface area contributed by atoms with Crippen molar-refractivity contribution in [1.82, 2.24) is 15.1 Å². The number of amides is 1. The van der Waals surface area contributed by atoms with Crippen LogP contribution in [0.2, 0.25) is 5.02 Å². The summed E-state index contributed by atoms with van der Waals surface area (Å²) in [4.78, 5) is 27.9. The third-order valence-corrected chi connectivity index (χ3v) is 4.64. The number of hydrogen-bond acceptors (Lipinski definition) is 5. The zero-order chi connectivity index (χ0) is 17.8. The molecule has 1 amide bonds. The minimum Gasteiger partial charge on any atom is -0.366 e. The van der Waals surface area contributed by atoms with Crippen LogP contribution in [0.25, 0.3) is 0 Å². The second kappa shape index (κ2) is 7.67. The van der Waals surface area contributed by atoms with Crippen LogP contribution in [0.4, 0.5) is 11.4 Å². The van der Waals surface area contributed by atoms with Gasteiger partial charge in [0, 0.05) is 31.9 Å². The average molecular weight is 362 g/mol. The molecule has 0 radical (unpaired) electrons. The van der Waals surface area contributed by atoms with Gasteiger partial charge in [-0.05, 0) is 18.6 Å². The van der Waals surface area contributed by atoms with Crippen LogP contribution in [0, 0.1) is 6.92 Å². The highest BCUT2D eigenvalue weighted by Gasteiger charge is 2.21. The Kier molecular flexibility index (Phi) is 5.35. The van der Waals surface area contributed by atoms with Gasteiger partial charge in [-0.25, -0.2) is 5.10 Å². The van der Waals surface area contributed by atoms with Gasteiger partial charge in [0.05, 0.1) is 18.4 Å². The van der Waals surface area contributed by atoms with Crippen LogP contribution >= 0.6 is 11.6 Å². The van der Waals surface area contributed by atoms with E-state index in [9.17, 15) is 9.59 Å². The number of hydrogen-bond donors (Lipinski definition) is 2. The van der Waals surface area contributed by atoms with Gasteiger partial charge in [-0.3, -0.25) is 14.5 Å². The monoisotopic (exact) mass is 361 g/mol. The fourth-order valence-corrected chi connectivity index (χ4v) is 3.06. The number of piperazine rings is 1. The molecule has 0 unspecified atom stereocenters. The molecule has 3 rings (SSSR count). The van der Waals surface area contributed by atoms with Crippen molar-refractivity contribution >= 4 is 28.9 Å². The summed E-state index contributed by atoms with van der Waals surface area (Å²) >= 11 is 6.05. The number of nitrogens with zero attached hydrogens (tertiary/aromatic N) is 3. The highest BCUT2D eigenvalue weighted by atomic mass is 35.5. The lowest BCUT2D eigenvalue weighted by Crippen LogP contribution is -2.49. The molecule has 8 heteroatoms. The molecule has 0 bridgehead atoms. The van der Waals surface area contributed by atoms with Gasteiger partial charge in [-0.1, -0.05) is 29.8 Å². The molecule has 1 saturated heterocycles. The van der Waals surface area contributed by atoms with Crippen LogP contribution in [-0.4, -0.2) is 53.7 Å².